The van der Waals surface area contributed by atoms with Crippen LogP contribution in [0.1, 0.15) is 35.5 Å². The van der Waals surface area contributed by atoms with E-state index in [1.54, 1.807) is 6.07 Å². The molecule has 1 aromatic heterocycles. The highest BCUT2D eigenvalue weighted by atomic mass is 16.6. The van der Waals surface area contributed by atoms with E-state index >= 15 is 0 Å². The number of amides is 1. The van der Waals surface area contributed by atoms with E-state index in [0.29, 0.717) is 13.0 Å². The van der Waals surface area contributed by atoms with Crippen LogP contribution in [0.2, 0.25) is 0 Å². The third-order valence-corrected chi connectivity index (χ3v) is 3.65. The van der Waals surface area contributed by atoms with E-state index in [1.165, 1.54) is 19.3 Å². The molecule has 1 amide bonds. The minimum atomic E-state index is -0.914. The zero-order valence-corrected chi connectivity index (χ0v) is 12.7. The van der Waals surface area contributed by atoms with E-state index in [4.69, 9.17) is 13.9 Å². The molecule has 0 spiro atoms. The number of carbonyl (C=O) groups excluding carboxylic acids is 2. The molecule has 0 saturated carbocycles. The van der Waals surface area contributed by atoms with Crippen molar-refractivity contribution in [1.82, 2.24) is 5.32 Å². The first-order chi connectivity index (χ1) is 11.1. The fourth-order valence-electron chi connectivity index (χ4n) is 2.45. The Morgan fingerprint density at radius 2 is 2.09 bits per heavy atom. The molecule has 0 bridgehead atoms. The van der Waals surface area contributed by atoms with Gasteiger partial charge in [0.25, 0.3) is 5.91 Å². The van der Waals surface area contributed by atoms with Crippen LogP contribution in [-0.4, -0.2) is 24.6 Å². The predicted molar refractivity (Wildman–Crippen MR) is 81.0 cm³/mol. The summed E-state index contributed by atoms with van der Waals surface area (Å²) in [5.41, 5.74) is 0.927. The van der Waals surface area contributed by atoms with Gasteiger partial charge >= 0.3 is 5.97 Å². The molecule has 2 aromatic rings. The van der Waals surface area contributed by atoms with E-state index in [-0.39, 0.29) is 17.7 Å². The van der Waals surface area contributed by atoms with Crippen LogP contribution in [0.15, 0.2) is 47.1 Å². The Morgan fingerprint density at radius 1 is 1.26 bits per heavy atom. The lowest BCUT2D eigenvalue weighted by atomic mass is 10.0. The molecule has 3 rings (SSSR count). The molecule has 0 radical (unpaired) electrons. The van der Waals surface area contributed by atoms with Gasteiger partial charge in [-0.3, -0.25) is 4.79 Å². The van der Waals surface area contributed by atoms with Crippen LogP contribution in [0.5, 0.6) is 5.75 Å². The van der Waals surface area contributed by atoms with Gasteiger partial charge in [-0.2, -0.15) is 0 Å². The second-order valence-electron chi connectivity index (χ2n) is 5.26. The summed E-state index contributed by atoms with van der Waals surface area (Å²) in [6.07, 6.45) is 1.13. The Labute approximate surface area is 133 Å². The van der Waals surface area contributed by atoms with Crippen molar-refractivity contribution < 1.29 is 23.5 Å². The number of carbonyl (C=O) groups is 2. The lowest BCUT2D eigenvalue weighted by Crippen LogP contribution is -2.39. The van der Waals surface area contributed by atoms with Crippen molar-refractivity contribution in [3.8, 4) is 5.75 Å². The van der Waals surface area contributed by atoms with Gasteiger partial charge in [-0.15, -0.1) is 0 Å². The first-order valence-corrected chi connectivity index (χ1v) is 7.42. The molecule has 0 aliphatic carbocycles. The summed E-state index contributed by atoms with van der Waals surface area (Å²) in [5, 5.41) is 2.90. The van der Waals surface area contributed by atoms with Crippen molar-refractivity contribution in [2.45, 2.75) is 25.5 Å². The quantitative estimate of drug-likeness (QED) is 0.877. The van der Waals surface area contributed by atoms with E-state index in [1.807, 2.05) is 24.3 Å². The minimum Gasteiger partial charge on any atom is -0.493 e. The van der Waals surface area contributed by atoms with Gasteiger partial charge in [0, 0.05) is 12.0 Å². The maximum Gasteiger partial charge on any atom is 0.374 e. The molecular formula is C17H17NO5. The number of fused-ring (bicyclic) bond motifs is 1. The lowest BCUT2D eigenvalue weighted by molar-refractivity contribution is -0.130. The average Bonchev–Trinajstić information content (AvgIpc) is 3.09. The maximum atomic E-state index is 12.3. The number of ether oxygens (including phenoxy) is 2. The highest BCUT2D eigenvalue weighted by Crippen LogP contribution is 2.31. The Bertz CT molecular complexity index is 695. The maximum absolute atomic E-state index is 12.3. The van der Waals surface area contributed by atoms with Gasteiger partial charge < -0.3 is 19.2 Å². The van der Waals surface area contributed by atoms with Crippen LogP contribution >= 0.6 is 0 Å². The van der Waals surface area contributed by atoms with E-state index in [2.05, 4.69) is 5.32 Å². The Morgan fingerprint density at radius 3 is 2.87 bits per heavy atom. The normalized spacial score (nSPS) is 17.5. The van der Waals surface area contributed by atoms with Crippen molar-refractivity contribution in [2.75, 3.05) is 6.61 Å². The monoisotopic (exact) mass is 315 g/mol. The summed E-state index contributed by atoms with van der Waals surface area (Å²) in [6, 6.07) is 10.5. The van der Waals surface area contributed by atoms with Crippen LogP contribution in [-0.2, 0) is 9.53 Å². The third-order valence-electron chi connectivity index (χ3n) is 3.65. The fourth-order valence-corrected chi connectivity index (χ4v) is 2.45. The Hall–Kier alpha value is -2.76. The topological polar surface area (TPSA) is 77.8 Å². The average molecular weight is 315 g/mol. The van der Waals surface area contributed by atoms with Crippen molar-refractivity contribution in [2.24, 2.45) is 0 Å². The number of furan rings is 1. The Balaban J connectivity index is 1.62. The molecule has 6 heteroatoms. The van der Waals surface area contributed by atoms with Crippen molar-refractivity contribution in [3.05, 3.63) is 54.0 Å². The third kappa shape index (κ3) is 3.36. The van der Waals surface area contributed by atoms with Crippen molar-refractivity contribution >= 4 is 11.9 Å². The molecular weight excluding hydrogens is 298 g/mol. The summed E-state index contributed by atoms with van der Waals surface area (Å²) in [4.78, 5) is 24.1. The highest BCUT2D eigenvalue weighted by Gasteiger charge is 2.26. The van der Waals surface area contributed by atoms with Gasteiger partial charge in [0.2, 0.25) is 5.76 Å². The molecule has 2 heterocycles. The molecule has 1 N–H and O–H groups in total. The van der Waals surface area contributed by atoms with Crippen LogP contribution in [0.3, 0.4) is 0 Å². The Kier molecular flexibility index (Phi) is 4.32. The zero-order valence-electron chi connectivity index (χ0n) is 12.7. The van der Waals surface area contributed by atoms with Crippen LogP contribution in [0.25, 0.3) is 0 Å². The number of benzene rings is 1. The molecule has 6 nitrogen and oxygen atoms in total. The summed E-state index contributed by atoms with van der Waals surface area (Å²) < 4.78 is 15.6. The summed E-state index contributed by atoms with van der Waals surface area (Å²) >= 11 is 0. The molecule has 0 unspecified atom stereocenters. The second-order valence-corrected chi connectivity index (χ2v) is 5.26. The molecule has 1 aromatic carbocycles. The van der Waals surface area contributed by atoms with Crippen molar-refractivity contribution in [3.63, 3.8) is 0 Å². The van der Waals surface area contributed by atoms with Gasteiger partial charge in [0.15, 0.2) is 6.10 Å². The van der Waals surface area contributed by atoms with Gasteiger partial charge in [-0.1, -0.05) is 18.2 Å². The first kappa shape index (κ1) is 15.1. The molecule has 1 aliphatic heterocycles. The van der Waals surface area contributed by atoms with E-state index in [0.717, 1.165) is 11.3 Å². The van der Waals surface area contributed by atoms with Gasteiger partial charge in [-0.25, -0.2) is 4.79 Å². The molecule has 23 heavy (non-hydrogen) atoms. The SMILES string of the molecule is C[C@@H](OC(=O)c1ccco1)C(=O)N[C@@H]1CCOc2ccccc21. The number of hydrogen-bond acceptors (Lipinski definition) is 5. The lowest BCUT2D eigenvalue weighted by Gasteiger charge is -2.27. The van der Waals surface area contributed by atoms with E-state index < -0.39 is 12.1 Å². The largest absolute Gasteiger partial charge is 0.493 e. The highest BCUT2D eigenvalue weighted by molar-refractivity contribution is 5.90. The van der Waals surface area contributed by atoms with Gasteiger partial charge in [0.05, 0.1) is 18.9 Å². The van der Waals surface area contributed by atoms with Crippen LogP contribution in [0, 0.1) is 0 Å². The number of rotatable bonds is 4. The second kappa shape index (κ2) is 6.56. The minimum absolute atomic E-state index is 0.0704. The van der Waals surface area contributed by atoms with Gasteiger partial charge in [0.1, 0.15) is 5.75 Å². The number of nitrogens with one attached hydrogen (secondary N) is 1. The van der Waals surface area contributed by atoms with E-state index in [9.17, 15) is 9.59 Å². The summed E-state index contributed by atoms with van der Waals surface area (Å²) in [7, 11) is 0. The standard InChI is InChI=1S/C17H17NO5/c1-11(23-17(20)15-7-4-9-21-15)16(19)18-13-8-10-22-14-6-3-2-5-12(13)14/h2-7,9,11,13H,8,10H2,1H3,(H,18,19)/t11-,13-/m1/s1. The van der Waals surface area contributed by atoms with Crippen molar-refractivity contribution in [1.29, 1.82) is 0 Å². The fraction of sp³-hybridized carbons (Fsp3) is 0.294. The summed E-state index contributed by atoms with van der Waals surface area (Å²) in [5.74, 6) is -0.179. The van der Waals surface area contributed by atoms with Crippen LogP contribution in [0.4, 0.5) is 0 Å². The predicted octanol–water partition coefficient (Wildman–Crippen LogP) is 2.46. The zero-order chi connectivity index (χ0) is 16.2. The van der Waals surface area contributed by atoms with Crippen LogP contribution < -0.4 is 10.1 Å². The number of hydrogen-bond donors (Lipinski definition) is 1. The molecule has 1 aliphatic rings. The number of esters is 1. The smallest absolute Gasteiger partial charge is 0.374 e. The molecule has 0 saturated heterocycles. The molecule has 120 valence electrons. The first-order valence-electron chi connectivity index (χ1n) is 7.42. The number of para-hydroxylation sites is 1. The summed E-state index contributed by atoms with van der Waals surface area (Å²) in [6.45, 7) is 2.06. The molecule has 0 fully saturated rings. The van der Waals surface area contributed by atoms with Gasteiger partial charge in [-0.05, 0) is 25.1 Å². The molecule has 2 atom stereocenters.